The van der Waals surface area contributed by atoms with Gasteiger partial charge in [0, 0.05) is 0 Å². The van der Waals surface area contributed by atoms with Crippen molar-refractivity contribution in [1.82, 2.24) is 0 Å². The van der Waals surface area contributed by atoms with Crippen LogP contribution in [0.2, 0.25) is 0 Å². The number of hydrogen-bond acceptors (Lipinski definition) is 1. The Labute approximate surface area is 204 Å². The minimum Gasteiger partial charge on any atom is -0.465 e. The van der Waals surface area contributed by atoms with Crippen molar-refractivity contribution in [2.45, 2.75) is 122 Å². The van der Waals surface area contributed by atoms with Crippen LogP contribution in [0.3, 0.4) is 0 Å². The van der Waals surface area contributed by atoms with Crippen molar-refractivity contribution >= 4 is 0 Å². The van der Waals surface area contributed by atoms with Crippen molar-refractivity contribution in [2.75, 3.05) is 0 Å². The second-order valence-corrected chi connectivity index (χ2v) is 11.8. The van der Waals surface area contributed by atoms with Gasteiger partial charge in [-0.05, 0) is 123 Å². The van der Waals surface area contributed by atoms with Gasteiger partial charge in [0.25, 0.3) is 0 Å². The lowest BCUT2D eigenvalue weighted by molar-refractivity contribution is 0.152. The fourth-order valence-electron chi connectivity index (χ4n) is 7.41. The Morgan fingerprint density at radius 3 is 1.73 bits per heavy atom. The minimum atomic E-state index is 0.718. The Morgan fingerprint density at radius 2 is 1.18 bits per heavy atom. The van der Waals surface area contributed by atoms with Crippen LogP contribution in [0.5, 0.6) is 5.75 Å². The van der Waals surface area contributed by atoms with Crippen LogP contribution < -0.4 is 4.74 Å². The fourth-order valence-corrected chi connectivity index (χ4v) is 7.41. The number of ether oxygens (including phenoxy) is 1. The zero-order valence-corrected chi connectivity index (χ0v) is 21.7. The van der Waals surface area contributed by atoms with Gasteiger partial charge >= 0.3 is 0 Å². The Kier molecular flexibility index (Phi) is 9.81. The zero-order chi connectivity index (χ0) is 22.9. The van der Waals surface area contributed by atoms with E-state index >= 15 is 0 Å². The number of hydrogen-bond donors (Lipinski definition) is 0. The summed E-state index contributed by atoms with van der Waals surface area (Å²) in [5.74, 6) is 6.52. The molecule has 33 heavy (non-hydrogen) atoms. The molecule has 1 heteroatoms. The van der Waals surface area contributed by atoms with Gasteiger partial charge in [-0.25, -0.2) is 0 Å². The van der Waals surface area contributed by atoms with E-state index in [-0.39, 0.29) is 0 Å². The van der Waals surface area contributed by atoms with Gasteiger partial charge < -0.3 is 4.74 Å². The van der Waals surface area contributed by atoms with Gasteiger partial charge in [-0.2, -0.15) is 0 Å². The third kappa shape index (κ3) is 7.37. The lowest BCUT2D eigenvalue weighted by Crippen LogP contribution is -2.25. The Bertz CT molecular complexity index is 680. The van der Waals surface area contributed by atoms with Gasteiger partial charge in [0.1, 0.15) is 5.75 Å². The molecule has 0 spiro atoms. The lowest BCUT2D eigenvalue weighted by Gasteiger charge is -2.37. The molecule has 3 aliphatic carbocycles. The first-order valence-corrected chi connectivity index (χ1v) is 14.7. The first-order chi connectivity index (χ1) is 16.2. The first kappa shape index (κ1) is 24.9. The summed E-state index contributed by atoms with van der Waals surface area (Å²) < 4.78 is 6.00. The quantitative estimate of drug-likeness (QED) is 0.340. The molecular weight excluding hydrogens is 400 g/mol. The molecule has 1 aromatic carbocycles. The second kappa shape index (κ2) is 13.0. The molecule has 0 unspecified atom stereocenters. The van der Waals surface area contributed by atoms with Crippen molar-refractivity contribution in [3.05, 3.63) is 42.2 Å². The summed E-state index contributed by atoms with van der Waals surface area (Å²) in [6.07, 6.45) is 27.1. The van der Waals surface area contributed by atoms with E-state index in [1.54, 1.807) is 0 Å². The predicted molar refractivity (Wildman–Crippen MR) is 142 cm³/mol. The van der Waals surface area contributed by atoms with Gasteiger partial charge in [0.15, 0.2) is 0 Å². The first-order valence-electron chi connectivity index (χ1n) is 14.7. The molecule has 0 heterocycles. The Hall–Kier alpha value is -1.24. The summed E-state index contributed by atoms with van der Waals surface area (Å²) in [4.78, 5) is 0. The third-order valence-corrected chi connectivity index (χ3v) is 9.52. The van der Waals surface area contributed by atoms with Crippen LogP contribution >= 0.6 is 0 Å². The van der Waals surface area contributed by atoms with Gasteiger partial charge in [0.05, 0.1) is 6.26 Å². The highest BCUT2D eigenvalue weighted by molar-refractivity contribution is 5.30. The highest BCUT2D eigenvalue weighted by Gasteiger charge is 2.30. The van der Waals surface area contributed by atoms with Crippen LogP contribution in [0, 0.1) is 29.6 Å². The molecule has 0 aliphatic heterocycles. The molecule has 0 saturated heterocycles. The summed E-state index contributed by atoms with van der Waals surface area (Å²) >= 11 is 0. The second-order valence-electron chi connectivity index (χ2n) is 11.8. The molecule has 0 N–H and O–H groups in total. The van der Waals surface area contributed by atoms with E-state index in [0.29, 0.717) is 0 Å². The molecule has 3 fully saturated rings. The van der Waals surface area contributed by atoms with Crippen molar-refractivity contribution in [3.8, 4) is 5.75 Å². The topological polar surface area (TPSA) is 9.23 Å². The molecule has 1 nitrogen and oxygen atoms in total. The van der Waals surface area contributed by atoms with Gasteiger partial charge in [-0.15, -0.1) is 0 Å². The number of allylic oxidation sites excluding steroid dienone is 1. The van der Waals surface area contributed by atoms with Crippen LogP contribution in [0.4, 0.5) is 0 Å². The molecule has 3 aliphatic rings. The van der Waals surface area contributed by atoms with E-state index in [2.05, 4.69) is 44.2 Å². The highest BCUT2D eigenvalue weighted by Crippen LogP contribution is 2.42. The smallest absolute Gasteiger partial charge is 0.126 e. The van der Waals surface area contributed by atoms with E-state index in [1.807, 2.05) is 6.26 Å². The average Bonchev–Trinajstić information content (AvgIpc) is 2.86. The largest absolute Gasteiger partial charge is 0.465 e. The van der Waals surface area contributed by atoms with Crippen molar-refractivity contribution in [3.63, 3.8) is 0 Å². The summed E-state index contributed by atoms with van der Waals surface area (Å²) in [7, 11) is 0. The maximum Gasteiger partial charge on any atom is 0.126 e. The van der Waals surface area contributed by atoms with Gasteiger partial charge in [-0.1, -0.05) is 64.5 Å². The summed E-state index contributed by atoms with van der Waals surface area (Å²) in [5.41, 5.74) is 1.52. The van der Waals surface area contributed by atoms with Crippen LogP contribution in [-0.4, -0.2) is 0 Å². The summed E-state index contributed by atoms with van der Waals surface area (Å²) in [6, 6.07) is 9.00. The van der Waals surface area contributed by atoms with Crippen molar-refractivity contribution < 1.29 is 4.74 Å². The standard InChI is InChI=1S/C32H50O/c1-3-5-25-7-13-28(14-8-25)29-17-11-27(12-18-29)23-24-33-32-21-19-31(20-22-32)30-15-9-26(6-4-2)10-16-30/h19-30H,3-18H2,1-2H3. The maximum atomic E-state index is 6.00. The SMILES string of the molecule is CCCC1CCC(c2ccc(OC=CC3CCC(C4CCC(CCC)CC4)CC3)cc2)CC1. The van der Waals surface area contributed by atoms with E-state index in [0.717, 1.165) is 41.3 Å². The van der Waals surface area contributed by atoms with E-state index in [4.69, 9.17) is 4.74 Å². The Morgan fingerprint density at radius 1 is 0.667 bits per heavy atom. The third-order valence-electron chi connectivity index (χ3n) is 9.52. The minimum absolute atomic E-state index is 0.718. The summed E-state index contributed by atoms with van der Waals surface area (Å²) in [6.45, 7) is 4.67. The fraction of sp³-hybridized carbons (Fsp3) is 0.750. The van der Waals surface area contributed by atoms with Gasteiger partial charge in [-0.3, -0.25) is 0 Å². The van der Waals surface area contributed by atoms with E-state index in [9.17, 15) is 0 Å². The molecular formula is C32H50O. The maximum absolute atomic E-state index is 6.00. The molecule has 0 radical (unpaired) electrons. The highest BCUT2D eigenvalue weighted by atomic mass is 16.5. The van der Waals surface area contributed by atoms with Crippen LogP contribution in [0.15, 0.2) is 36.6 Å². The predicted octanol–water partition coefficient (Wildman–Crippen LogP) is 10.1. The van der Waals surface area contributed by atoms with E-state index < -0.39 is 0 Å². The van der Waals surface area contributed by atoms with Gasteiger partial charge in [0.2, 0.25) is 0 Å². The molecule has 0 atom stereocenters. The molecule has 1 aromatic rings. The van der Waals surface area contributed by atoms with E-state index in [1.165, 1.54) is 108 Å². The molecule has 184 valence electrons. The van der Waals surface area contributed by atoms with Crippen LogP contribution in [-0.2, 0) is 0 Å². The van der Waals surface area contributed by atoms with Crippen molar-refractivity contribution in [2.24, 2.45) is 29.6 Å². The normalized spacial score (nSPS) is 33.3. The van der Waals surface area contributed by atoms with Crippen molar-refractivity contribution in [1.29, 1.82) is 0 Å². The number of rotatable bonds is 9. The molecule has 0 bridgehead atoms. The lowest BCUT2D eigenvalue weighted by atomic mass is 9.69. The number of benzene rings is 1. The molecule has 3 saturated carbocycles. The monoisotopic (exact) mass is 450 g/mol. The average molecular weight is 451 g/mol. The molecule has 0 aromatic heterocycles. The van der Waals surface area contributed by atoms with Crippen LogP contribution in [0.25, 0.3) is 0 Å². The molecule has 4 rings (SSSR count). The summed E-state index contributed by atoms with van der Waals surface area (Å²) in [5, 5.41) is 0. The Balaban J connectivity index is 1.15. The van der Waals surface area contributed by atoms with Crippen LogP contribution in [0.1, 0.15) is 128 Å². The molecule has 0 amide bonds. The zero-order valence-electron chi connectivity index (χ0n) is 21.7.